The fourth-order valence-electron chi connectivity index (χ4n) is 2.37. The van der Waals surface area contributed by atoms with Gasteiger partial charge in [0.05, 0.1) is 0 Å². The zero-order chi connectivity index (χ0) is 12.9. The maximum atomic E-state index is 5.76. The van der Waals surface area contributed by atoms with Crippen LogP contribution in [0, 0.1) is 11.3 Å². The number of hydrogen-bond acceptors (Lipinski definition) is 3. The Morgan fingerprint density at radius 2 is 2.06 bits per heavy atom. The second-order valence-corrected chi connectivity index (χ2v) is 6.63. The highest BCUT2D eigenvalue weighted by Gasteiger charge is 2.20. The molecule has 1 aliphatic heterocycles. The number of likely N-dealkylation sites (tertiary alicyclic amines) is 1. The molecular formula is C14H31N3. The van der Waals surface area contributed by atoms with Gasteiger partial charge in [-0.05, 0) is 70.9 Å². The van der Waals surface area contributed by atoms with Crippen LogP contribution >= 0.6 is 0 Å². The molecule has 2 N–H and O–H groups in total. The molecular weight excluding hydrogens is 210 g/mol. The maximum Gasteiger partial charge on any atom is 0.000756 e. The van der Waals surface area contributed by atoms with Crippen molar-refractivity contribution in [3.8, 4) is 0 Å². The molecule has 17 heavy (non-hydrogen) atoms. The molecule has 0 aromatic carbocycles. The van der Waals surface area contributed by atoms with Crippen molar-refractivity contribution >= 4 is 0 Å². The van der Waals surface area contributed by atoms with Gasteiger partial charge in [0.15, 0.2) is 0 Å². The highest BCUT2D eigenvalue weighted by Crippen LogP contribution is 2.20. The summed E-state index contributed by atoms with van der Waals surface area (Å²) in [5.74, 6) is 0.921. The van der Waals surface area contributed by atoms with Crippen molar-refractivity contribution in [2.24, 2.45) is 17.1 Å². The number of rotatable bonds is 7. The number of hydrogen-bond donors (Lipinski definition) is 1. The third-order valence-electron chi connectivity index (χ3n) is 4.13. The lowest BCUT2D eigenvalue weighted by Crippen LogP contribution is -2.31. The minimum absolute atomic E-state index is 0.293. The van der Waals surface area contributed by atoms with Crippen LogP contribution < -0.4 is 5.73 Å². The zero-order valence-corrected chi connectivity index (χ0v) is 12.2. The minimum Gasteiger partial charge on any atom is -0.330 e. The normalized spacial score (nSPS) is 22.6. The summed E-state index contributed by atoms with van der Waals surface area (Å²) in [5.41, 5.74) is 6.05. The summed E-state index contributed by atoms with van der Waals surface area (Å²) < 4.78 is 0. The third kappa shape index (κ3) is 5.84. The molecule has 1 saturated heterocycles. The third-order valence-corrected chi connectivity index (χ3v) is 4.13. The molecule has 0 bridgehead atoms. The van der Waals surface area contributed by atoms with E-state index in [0.29, 0.717) is 5.41 Å². The molecule has 0 amide bonds. The van der Waals surface area contributed by atoms with Crippen LogP contribution in [-0.2, 0) is 0 Å². The van der Waals surface area contributed by atoms with E-state index >= 15 is 0 Å². The van der Waals surface area contributed by atoms with Crippen molar-refractivity contribution < 1.29 is 0 Å². The summed E-state index contributed by atoms with van der Waals surface area (Å²) in [4.78, 5) is 4.91. The van der Waals surface area contributed by atoms with Crippen LogP contribution in [0.3, 0.4) is 0 Å². The lowest BCUT2D eigenvalue weighted by Gasteiger charge is -2.26. The lowest BCUT2D eigenvalue weighted by atomic mass is 9.89. The molecule has 1 unspecified atom stereocenters. The summed E-state index contributed by atoms with van der Waals surface area (Å²) in [6.07, 6.45) is 3.94. The molecule has 1 heterocycles. The van der Waals surface area contributed by atoms with Crippen molar-refractivity contribution in [1.29, 1.82) is 0 Å². The lowest BCUT2D eigenvalue weighted by molar-refractivity contribution is 0.241. The first kappa shape index (κ1) is 14.9. The van der Waals surface area contributed by atoms with Crippen LogP contribution in [0.4, 0.5) is 0 Å². The topological polar surface area (TPSA) is 32.5 Å². The van der Waals surface area contributed by atoms with E-state index in [4.69, 9.17) is 5.73 Å². The molecule has 0 aromatic heterocycles. The fraction of sp³-hybridized carbons (Fsp3) is 1.00. The quantitative estimate of drug-likeness (QED) is 0.735. The summed E-state index contributed by atoms with van der Waals surface area (Å²) in [7, 11) is 4.47. The van der Waals surface area contributed by atoms with E-state index in [0.717, 1.165) is 12.5 Å². The van der Waals surface area contributed by atoms with Crippen molar-refractivity contribution in [3.63, 3.8) is 0 Å². The van der Waals surface area contributed by atoms with Crippen LogP contribution in [0.25, 0.3) is 0 Å². The molecule has 0 saturated carbocycles. The van der Waals surface area contributed by atoms with Gasteiger partial charge in [-0.25, -0.2) is 0 Å². The van der Waals surface area contributed by atoms with Gasteiger partial charge < -0.3 is 15.5 Å². The van der Waals surface area contributed by atoms with E-state index in [1.165, 1.54) is 45.4 Å². The second kappa shape index (κ2) is 6.72. The predicted molar refractivity (Wildman–Crippen MR) is 75.2 cm³/mol. The summed E-state index contributed by atoms with van der Waals surface area (Å²) in [6, 6.07) is 0. The Balaban J connectivity index is 2.11. The van der Waals surface area contributed by atoms with E-state index < -0.39 is 0 Å². The van der Waals surface area contributed by atoms with Gasteiger partial charge in [-0.1, -0.05) is 13.8 Å². The van der Waals surface area contributed by atoms with Crippen molar-refractivity contribution in [2.75, 3.05) is 46.8 Å². The van der Waals surface area contributed by atoms with Crippen LogP contribution in [0.15, 0.2) is 0 Å². The van der Waals surface area contributed by atoms with Gasteiger partial charge in [-0.15, -0.1) is 0 Å². The van der Waals surface area contributed by atoms with Crippen molar-refractivity contribution in [1.82, 2.24) is 9.80 Å². The van der Waals surface area contributed by atoms with Gasteiger partial charge in [0.1, 0.15) is 0 Å². The second-order valence-electron chi connectivity index (χ2n) is 6.63. The Morgan fingerprint density at radius 3 is 2.59 bits per heavy atom. The van der Waals surface area contributed by atoms with Crippen LogP contribution in [0.1, 0.15) is 33.1 Å². The van der Waals surface area contributed by atoms with Crippen LogP contribution in [0.5, 0.6) is 0 Å². The first-order valence-electron chi connectivity index (χ1n) is 7.00. The Morgan fingerprint density at radius 1 is 1.35 bits per heavy atom. The fourth-order valence-corrected chi connectivity index (χ4v) is 2.37. The average Bonchev–Trinajstić information content (AvgIpc) is 2.70. The first-order valence-corrected chi connectivity index (χ1v) is 7.00. The van der Waals surface area contributed by atoms with E-state index in [9.17, 15) is 0 Å². The van der Waals surface area contributed by atoms with Gasteiger partial charge in [-0.2, -0.15) is 0 Å². The molecule has 3 heteroatoms. The largest absolute Gasteiger partial charge is 0.330 e. The Bertz CT molecular complexity index is 216. The van der Waals surface area contributed by atoms with Crippen LogP contribution in [0.2, 0.25) is 0 Å². The van der Waals surface area contributed by atoms with Gasteiger partial charge >= 0.3 is 0 Å². The maximum absolute atomic E-state index is 5.76. The minimum atomic E-state index is 0.293. The molecule has 1 fully saturated rings. The Labute approximate surface area is 107 Å². The molecule has 0 radical (unpaired) electrons. The summed E-state index contributed by atoms with van der Waals surface area (Å²) in [5, 5.41) is 0. The number of nitrogens with two attached hydrogens (primary N) is 1. The summed E-state index contributed by atoms with van der Waals surface area (Å²) >= 11 is 0. The predicted octanol–water partition coefficient (Wildman–Crippen LogP) is 1.64. The van der Waals surface area contributed by atoms with Gasteiger partial charge in [0.25, 0.3) is 0 Å². The molecule has 3 nitrogen and oxygen atoms in total. The van der Waals surface area contributed by atoms with Gasteiger partial charge in [0, 0.05) is 6.54 Å². The smallest absolute Gasteiger partial charge is 0.000756 e. The van der Waals surface area contributed by atoms with Crippen LogP contribution in [-0.4, -0.2) is 56.6 Å². The van der Waals surface area contributed by atoms with E-state index in [-0.39, 0.29) is 0 Å². The Kier molecular flexibility index (Phi) is 5.90. The SMILES string of the molecule is CN(CCC1CCN(C)C1)CCC(C)(C)CN. The van der Waals surface area contributed by atoms with E-state index in [1.807, 2.05) is 0 Å². The van der Waals surface area contributed by atoms with Crippen molar-refractivity contribution in [3.05, 3.63) is 0 Å². The molecule has 1 atom stereocenters. The molecule has 1 rings (SSSR count). The standard InChI is InChI=1S/C14H31N3/c1-14(2,12-15)7-10-16(3)8-5-13-6-9-17(4)11-13/h13H,5-12,15H2,1-4H3. The monoisotopic (exact) mass is 241 g/mol. The first-order chi connectivity index (χ1) is 7.93. The van der Waals surface area contributed by atoms with Gasteiger partial charge in [-0.3, -0.25) is 0 Å². The van der Waals surface area contributed by atoms with E-state index in [1.54, 1.807) is 0 Å². The molecule has 0 spiro atoms. The van der Waals surface area contributed by atoms with E-state index in [2.05, 4.69) is 37.7 Å². The molecule has 1 aliphatic rings. The average molecular weight is 241 g/mol. The molecule has 102 valence electrons. The zero-order valence-electron chi connectivity index (χ0n) is 12.2. The molecule has 0 aromatic rings. The number of nitrogens with zero attached hydrogens (tertiary/aromatic N) is 2. The van der Waals surface area contributed by atoms with Crippen molar-refractivity contribution in [2.45, 2.75) is 33.1 Å². The highest BCUT2D eigenvalue weighted by atomic mass is 15.1. The Hall–Kier alpha value is -0.120. The summed E-state index contributed by atoms with van der Waals surface area (Å²) in [6.45, 7) is 10.3. The molecule has 0 aliphatic carbocycles. The van der Waals surface area contributed by atoms with Gasteiger partial charge in [0.2, 0.25) is 0 Å². The highest BCUT2D eigenvalue weighted by molar-refractivity contribution is 4.75.